The fourth-order valence-electron chi connectivity index (χ4n) is 3.89. The zero-order valence-electron chi connectivity index (χ0n) is 16.7. The highest BCUT2D eigenvalue weighted by atomic mass is 32.1. The molecule has 4 rings (SSSR count). The summed E-state index contributed by atoms with van der Waals surface area (Å²) < 4.78 is 5.73. The predicted molar refractivity (Wildman–Crippen MR) is 112 cm³/mol. The van der Waals surface area contributed by atoms with Crippen LogP contribution in [0.1, 0.15) is 29.0 Å². The SMILES string of the molecule is CC1Cc2cc(/C(O)=C3\C(=O)C(=O)N(CCN(C)C)C3c3cccs3)ccc2O1. The number of carbonyl (C=O) groups is 2. The number of aliphatic hydroxyl groups excluding tert-OH is 1. The van der Waals surface area contributed by atoms with Crippen molar-refractivity contribution in [2.45, 2.75) is 25.5 Å². The summed E-state index contributed by atoms with van der Waals surface area (Å²) in [7, 11) is 3.84. The van der Waals surface area contributed by atoms with Crippen LogP contribution in [0.3, 0.4) is 0 Å². The van der Waals surface area contributed by atoms with Gasteiger partial charge in [-0.1, -0.05) is 6.07 Å². The van der Waals surface area contributed by atoms with Crippen LogP contribution >= 0.6 is 11.3 Å². The lowest BCUT2D eigenvalue weighted by Gasteiger charge is -2.25. The molecule has 2 aliphatic heterocycles. The smallest absolute Gasteiger partial charge is 0.295 e. The highest BCUT2D eigenvalue weighted by Crippen LogP contribution is 2.41. The molecule has 1 amide bonds. The number of ether oxygens (including phenoxy) is 1. The Balaban J connectivity index is 1.78. The number of carbonyl (C=O) groups excluding carboxylic acids is 2. The Morgan fingerprint density at radius 1 is 1.31 bits per heavy atom. The lowest BCUT2D eigenvalue weighted by Crippen LogP contribution is -2.35. The number of benzene rings is 1. The van der Waals surface area contributed by atoms with Crippen LogP contribution < -0.4 is 4.74 Å². The maximum absolute atomic E-state index is 12.9. The molecule has 1 N–H and O–H groups in total. The summed E-state index contributed by atoms with van der Waals surface area (Å²) >= 11 is 1.47. The van der Waals surface area contributed by atoms with Gasteiger partial charge in [0.25, 0.3) is 11.7 Å². The lowest BCUT2D eigenvalue weighted by molar-refractivity contribution is -0.140. The van der Waals surface area contributed by atoms with E-state index < -0.39 is 17.7 Å². The molecule has 29 heavy (non-hydrogen) atoms. The highest BCUT2D eigenvalue weighted by molar-refractivity contribution is 7.10. The Hall–Kier alpha value is -2.64. The van der Waals surface area contributed by atoms with E-state index in [2.05, 4.69) is 0 Å². The Morgan fingerprint density at radius 3 is 2.79 bits per heavy atom. The molecule has 2 atom stereocenters. The molecule has 2 aromatic rings. The minimum atomic E-state index is -0.634. The van der Waals surface area contributed by atoms with Crippen molar-refractivity contribution in [2.24, 2.45) is 0 Å². The van der Waals surface area contributed by atoms with Gasteiger partial charge in [-0.15, -0.1) is 11.3 Å². The van der Waals surface area contributed by atoms with E-state index >= 15 is 0 Å². The molecule has 152 valence electrons. The van der Waals surface area contributed by atoms with Crippen LogP contribution in [0.4, 0.5) is 0 Å². The van der Waals surface area contributed by atoms with E-state index in [1.54, 1.807) is 11.0 Å². The Morgan fingerprint density at radius 2 is 2.10 bits per heavy atom. The number of nitrogens with zero attached hydrogens (tertiary/aromatic N) is 2. The number of hydrogen-bond donors (Lipinski definition) is 1. The van der Waals surface area contributed by atoms with Crippen molar-refractivity contribution >= 4 is 28.8 Å². The van der Waals surface area contributed by atoms with E-state index in [-0.39, 0.29) is 17.4 Å². The molecule has 0 aliphatic carbocycles. The Kier molecular flexibility index (Phi) is 5.19. The number of likely N-dealkylation sites (N-methyl/N-ethyl adjacent to an activating group) is 1. The summed E-state index contributed by atoms with van der Waals surface area (Å²) in [4.78, 5) is 30.1. The second-order valence-corrected chi connectivity index (χ2v) is 8.75. The van der Waals surface area contributed by atoms with Gasteiger partial charge in [-0.05, 0) is 56.2 Å². The molecule has 1 aromatic heterocycles. The minimum Gasteiger partial charge on any atom is -0.507 e. The monoisotopic (exact) mass is 412 g/mol. The molecular formula is C22H24N2O4S. The number of ketones is 1. The van der Waals surface area contributed by atoms with Crippen LogP contribution in [0.25, 0.3) is 5.76 Å². The molecule has 0 spiro atoms. The van der Waals surface area contributed by atoms with E-state index in [0.717, 1.165) is 22.6 Å². The summed E-state index contributed by atoms with van der Waals surface area (Å²) in [6.07, 6.45) is 0.840. The summed E-state index contributed by atoms with van der Waals surface area (Å²) in [5.74, 6) is -0.526. The van der Waals surface area contributed by atoms with Crippen molar-refractivity contribution in [1.82, 2.24) is 9.80 Å². The molecule has 1 fully saturated rings. The van der Waals surface area contributed by atoms with Crippen molar-refractivity contribution in [3.63, 3.8) is 0 Å². The Labute approximate surface area is 174 Å². The lowest BCUT2D eigenvalue weighted by atomic mass is 9.98. The zero-order valence-corrected chi connectivity index (χ0v) is 17.5. The average molecular weight is 413 g/mol. The number of thiophene rings is 1. The van der Waals surface area contributed by atoms with Gasteiger partial charge in [-0.3, -0.25) is 9.59 Å². The van der Waals surface area contributed by atoms with Gasteiger partial charge >= 0.3 is 0 Å². The quantitative estimate of drug-likeness (QED) is 0.464. The van der Waals surface area contributed by atoms with Gasteiger partial charge in [0.2, 0.25) is 0 Å². The van der Waals surface area contributed by atoms with E-state index in [0.29, 0.717) is 18.7 Å². The third-order valence-electron chi connectivity index (χ3n) is 5.31. The molecule has 3 heterocycles. The average Bonchev–Trinajstić information content (AvgIpc) is 3.38. The van der Waals surface area contributed by atoms with Crippen molar-refractivity contribution in [3.8, 4) is 5.75 Å². The largest absolute Gasteiger partial charge is 0.507 e. The fourth-order valence-corrected chi connectivity index (χ4v) is 4.73. The van der Waals surface area contributed by atoms with Gasteiger partial charge in [0.15, 0.2) is 0 Å². The molecule has 0 saturated carbocycles. The molecule has 0 bridgehead atoms. The van der Waals surface area contributed by atoms with Crippen LogP contribution in [0.2, 0.25) is 0 Å². The summed E-state index contributed by atoms with van der Waals surface area (Å²) in [6.45, 7) is 3.03. The number of Topliss-reactive ketones (excluding diaryl/α,β-unsaturated/α-hetero) is 1. The number of hydrogen-bond acceptors (Lipinski definition) is 6. The van der Waals surface area contributed by atoms with Crippen molar-refractivity contribution in [1.29, 1.82) is 0 Å². The second kappa shape index (κ2) is 7.65. The first kappa shape index (κ1) is 19.7. The first-order chi connectivity index (χ1) is 13.9. The zero-order chi connectivity index (χ0) is 20.7. The third kappa shape index (κ3) is 3.56. The molecule has 6 nitrogen and oxygen atoms in total. The van der Waals surface area contributed by atoms with Gasteiger partial charge in [0, 0.05) is 30.0 Å². The van der Waals surface area contributed by atoms with E-state index in [9.17, 15) is 14.7 Å². The molecule has 1 aromatic carbocycles. The number of fused-ring (bicyclic) bond motifs is 1. The molecule has 1 saturated heterocycles. The van der Waals surface area contributed by atoms with Gasteiger partial charge < -0.3 is 19.6 Å². The van der Waals surface area contributed by atoms with Gasteiger partial charge in [0.05, 0.1) is 11.6 Å². The van der Waals surface area contributed by atoms with E-state index in [1.165, 1.54) is 11.3 Å². The molecule has 2 aliphatic rings. The molecule has 7 heteroatoms. The van der Waals surface area contributed by atoms with Crippen LogP contribution in [0.5, 0.6) is 5.75 Å². The number of likely N-dealkylation sites (tertiary alicyclic amines) is 1. The first-order valence-electron chi connectivity index (χ1n) is 9.63. The molecular weight excluding hydrogens is 388 g/mol. The topological polar surface area (TPSA) is 70.1 Å². The highest BCUT2D eigenvalue weighted by Gasteiger charge is 2.46. The second-order valence-electron chi connectivity index (χ2n) is 7.77. The van der Waals surface area contributed by atoms with E-state index in [4.69, 9.17) is 4.74 Å². The van der Waals surface area contributed by atoms with Crippen LogP contribution in [0.15, 0.2) is 41.3 Å². The first-order valence-corrected chi connectivity index (χ1v) is 10.5. The predicted octanol–water partition coefficient (Wildman–Crippen LogP) is 3.05. The summed E-state index contributed by atoms with van der Waals surface area (Å²) in [5.41, 5.74) is 1.69. The van der Waals surface area contributed by atoms with Crippen LogP contribution in [-0.2, 0) is 16.0 Å². The van der Waals surface area contributed by atoms with Gasteiger partial charge in [0.1, 0.15) is 17.6 Å². The Bertz CT molecular complexity index is 981. The number of aliphatic hydroxyl groups is 1. The number of amides is 1. The molecule has 2 unspecified atom stereocenters. The number of rotatable bonds is 5. The maximum Gasteiger partial charge on any atom is 0.295 e. The minimum absolute atomic E-state index is 0.0881. The fraction of sp³-hybridized carbons (Fsp3) is 0.364. The van der Waals surface area contributed by atoms with Crippen molar-refractivity contribution in [3.05, 3.63) is 57.3 Å². The maximum atomic E-state index is 12.9. The van der Waals surface area contributed by atoms with Crippen LogP contribution in [-0.4, -0.2) is 59.9 Å². The van der Waals surface area contributed by atoms with Gasteiger partial charge in [-0.2, -0.15) is 0 Å². The van der Waals surface area contributed by atoms with Crippen molar-refractivity contribution < 1.29 is 19.4 Å². The van der Waals surface area contributed by atoms with Crippen molar-refractivity contribution in [2.75, 3.05) is 27.2 Å². The summed E-state index contributed by atoms with van der Waals surface area (Å²) in [5, 5.41) is 13.0. The van der Waals surface area contributed by atoms with Crippen LogP contribution in [0, 0.1) is 0 Å². The normalized spacial score (nSPS) is 23.0. The summed E-state index contributed by atoms with van der Waals surface area (Å²) in [6, 6.07) is 8.63. The molecule has 0 radical (unpaired) electrons. The standard InChI is InChI=1S/C22H24N2O4S/c1-13-11-15-12-14(6-7-16(15)28-13)20(25)18-19(17-5-4-10-29-17)24(9-8-23(2)3)22(27)21(18)26/h4-7,10,12-13,19,25H,8-9,11H2,1-3H3/b20-18+. The third-order valence-corrected chi connectivity index (χ3v) is 6.23. The van der Waals surface area contributed by atoms with E-state index in [1.807, 2.05) is 55.6 Å². The van der Waals surface area contributed by atoms with Gasteiger partial charge in [-0.25, -0.2) is 0 Å².